The number of methoxy groups -OCH3 is 2. The van der Waals surface area contributed by atoms with Crippen LogP contribution in [0.25, 0.3) is 0 Å². The predicted molar refractivity (Wildman–Crippen MR) is 89.2 cm³/mol. The van der Waals surface area contributed by atoms with Gasteiger partial charge in [-0.25, -0.2) is 0 Å². The molecule has 0 aliphatic rings. The van der Waals surface area contributed by atoms with Crippen LogP contribution >= 0.6 is 0 Å². The fourth-order valence-electron chi connectivity index (χ4n) is 2.89. The molecular formula is C17H36O6. The van der Waals surface area contributed by atoms with Crippen LogP contribution in [-0.2, 0) is 9.47 Å². The molecule has 0 saturated heterocycles. The summed E-state index contributed by atoms with van der Waals surface area (Å²) < 4.78 is 10.4. The molecule has 6 heteroatoms. The second kappa shape index (κ2) is 6.24. The van der Waals surface area contributed by atoms with Gasteiger partial charge in [0.15, 0.2) is 0 Å². The van der Waals surface area contributed by atoms with E-state index in [0.29, 0.717) is 0 Å². The Morgan fingerprint density at radius 3 is 1.26 bits per heavy atom. The summed E-state index contributed by atoms with van der Waals surface area (Å²) in [5, 5.41) is 44.4. The highest BCUT2D eigenvalue weighted by Crippen LogP contribution is 2.50. The van der Waals surface area contributed by atoms with Crippen molar-refractivity contribution < 1.29 is 29.9 Å². The van der Waals surface area contributed by atoms with Crippen LogP contribution in [-0.4, -0.2) is 69.3 Å². The molecule has 4 N–H and O–H groups in total. The molecule has 23 heavy (non-hydrogen) atoms. The van der Waals surface area contributed by atoms with Crippen molar-refractivity contribution >= 4 is 0 Å². The highest BCUT2D eigenvalue weighted by atomic mass is 16.5. The van der Waals surface area contributed by atoms with Gasteiger partial charge in [-0.2, -0.15) is 0 Å². The average Bonchev–Trinajstić information content (AvgIpc) is 2.37. The van der Waals surface area contributed by atoms with Crippen molar-refractivity contribution in [2.75, 3.05) is 20.8 Å². The first kappa shape index (κ1) is 22.8. The Balaban J connectivity index is 6.17. The first-order valence-corrected chi connectivity index (χ1v) is 7.81. The van der Waals surface area contributed by atoms with Crippen LogP contribution in [0.4, 0.5) is 0 Å². The average molecular weight is 336 g/mol. The van der Waals surface area contributed by atoms with Crippen molar-refractivity contribution in [2.45, 2.75) is 83.4 Å². The predicted octanol–water partition coefficient (Wildman–Crippen LogP) is 1.09. The summed E-state index contributed by atoms with van der Waals surface area (Å²) in [6, 6.07) is 0. The first-order chi connectivity index (χ1) is 9.87. The van der Waals surface area contributed by atoms with E-state index in [2.05, 4.69) is 0 Å². The van der Waals surface area contributed by atoms with Gasteiger partial charge in [0.2, 0.25) is 0 Å². The van der Waals surface area contributed by atoms with Gasteiger partial charge in [0.25, 0.3) is 0 Å². The van der Waals surface area contributed by atoms with E-state index in [0.717, 1.165) is 0 Å². The Kier molecular flexibility index (Phi) is 6.18. The van der Waals surface area contributed by atoms with Gasteiger partial charge < -0.3 is 29.9 Å². The number of rotatable bonds is 8. The highest BCUT2D eigenvalue weighted by Gasteiger charge is 2.68. The zero-order chi connectivity index (χ0) is 19.1. The molecule has 0 fully saturated rings. The fourth-order valence-corrected chi connectivity index (χ4v) is 2.89. The summed E-state index contributed by atoms with van der Waals surface area (Å²) in [7, 11) is 2.90. The third kappa shape index (κ3) is 3.17. The van der Waals surface area contributed by atoms with Gasteiger partial charge in [-0.1, -0.05) is 13.8 Å². The molecule has 140 valence electrons. The number of ether oxygens (including phenoxy) is 2. The Hall–Kier alpha value is -0.240. The summed E-state index contributed by atoms with van der Waals surface area (Å²) >= 11 is 0. The lowest BCUT2D eigenvalue weighted by Crippen LogP contribution is -2.78. The maximum absolute atomic E-state index is 11.2. The van der Waals surface area contributed by atoms with Crippen LogP contribution in [0.5, 0.6) is 0 Å². The summed E-state index contributed by atoms with van der Waals surface area (Å²) in [6.07, 6.45) is 0. The van der Waals surface area contributed by atoms with Gasteiger partial charge in [0.1, 0.15) is 22.4 Å². The zero-order valence-corrected chi connectivity index (χ0v) is 16.3. The molecular weight excluding hydrogens is 300 g/mol. The van der Waals surface area contributed by atoms with Crippen molar-refractivity contribution in [3.8, 4) is 0 Å². The molecule has 6 nitrogen and oxygen atoms in total. The molecule has 4 atom stereocenters. The van der Waals surface area contributed by atoms with Crippen molar-refractivity contribution in [3.05, 3.63) is 0 Å². The lowest BCUT2D eigenvalue weighted by Gasteiger charge is -2.60. The lowest BCUT2D eigenvalue weighted by molar-refractivity contribution is -0.330. The van der Waals surface area contributed by atoms with Gasteiger partial charge in [0, 0.05) is 19.6 Å². The van der Waals surface area contributed by atoms with Crippen LogP contribution < -0.4 is 0 Å². The lowest BCUT2D eigenvalue weighted by atomic mass is 9.56. The third-order valence-electron chi connectivity index (χ3n) is 6.35. The van der Waals surface area contributed by atoms with Gasteiger partial charge >= 0.3 is 0 Å². The van der Waals surface area contributed by atoms with E-state index < -0.39 is 33.4 Å². The molecule has 0 bridgehead atoms. The van der Waals surface area contributed by atoms with Crippen molar-refractivity contribution in [2.24, 2.45) is 5.41 Å². The Morgan fingerprint density at radius 1 is 0.609 bits per heavy atom. The molecule has 0 saturated carbocycles. The van der Waals surface area contributed by atoms with Crippen LogP contribution in [0, 0.1) is 5.41 Å². The maximum atomic E-state index is 11.2. The van der Waals surface area contributed by atoms with Crippen LogP contribution in [0.15, 0.2) is 0 Å². The van der Waals surface area contributed by atoms with Crippen molar-refractivity contribution in [1.82, 2.24) is 0 Å². The normalized spacial score (nSPS) is 24.3. The van der Waals surface area contributed by atoms with E-state index >= 15 is 0 Å². The third-order valence-corrected chi connectivity index (χ3v) is 6.35. The summed E-state index contributed by atoms with van der Waals surface area (Å²) in [5.74, 6) is 0. The van der Waals surface area contributed by atoms with Gasteiger partial charge in [-0.3, -0.25) is 0 Å². The first-order valence-electron chi connectivity index (χ1n) is 7.81. The molecule has 0 aliphatic heterocycles. The maximum Gasteiger partial charge on any atom is 0.124 e. The smallest absolute Gasteiger partial charge is 0.124 e. The van der Waals surface area contributed by atoms with Gasteiger partial charge in [-0.15, -0.1) is 0 Å². The molecule has 0 aromatic carbocycles. The number of hydrogen-bond donors (Lipinski definition) is 4. The quantitative estimate of drug-likeness (QED) is 0.529. The van der Waals surface area contributed by atoms with E-state index in [4.69, 9.17) is 9.47 Å². The second-order valence-corrected chi connectivity index (χ2v) is 8.32. The minimum Gasteiger partial charge on any atom is -0.386 e. The molecule has 0 aromatic rings. The Bertz CT molecular complexity index is 407. The standard InChI is InChI=1S/C17H36O6/c1-12(2,11-22-9)14(5,18)16(7,20)17(8,21)15(6,19)13(3,4)23-10/h18-21H,11H2,1-10H3. The summed E-state index contributed by atoms with van der Waals surface area (Å²) in [6.45, 7) is 12.2. The highest BCUT2D eigenvalue weighted by molar-refractivity contribution is 5.19. The van der Waals surface area contributed by atoms with Crippen LogP contribution in [0.3, 0.4) is 0 Å². The molecule has 0 heterocycles. The minimum absolute atomic E-state index is 0.155. The molecule has 0 aliphatic carbocycles. The van der Waals surface area contributed by atoms with Gasteiger partial charge in [-0.05, 0) is 41.5 Å². The summed E-state index contributed by atoms with van der Waals surface area (Å²) in [4.78, 5) is 0. The SMILES string of the molecule is COCC(C)(C)C(C)(O)C(C)(O)C(C)(O)C(C)(O)C(C)(C)OC. The molecule has 0 amide bonds. The molecule has 4 unspecified atom stereocenters. The number of hydrogen-bond acceptors (Lipinski definition) is 6. The zero-order valence-electron chi connectivity index (χ0n) is 16.3. The van der Waals surface area contributed by atoms with E-state index in [1.807, 2.05) is 0 Å². The fraction of sp³-hybridized carbons (Fsp3) is 1.00. The molecule has 0 spiro atoms. The van der Waals surface area contributed by atoms with E-state index in [-0.39, 0.29) is 6.61 Å². The second-order valence-electron chi connectivity index (χ2n) is 8.32. The van der Waals surface area contributed by atoms with Crippen LogP contribution in [0.2, 0.25) is 0 Å². The molecule has 0 rings (SSSR count). The minimum atomic E-state index is -2.10. The summed E-state index contributed by atoms with van der Waals surface area (Å²) in [5.41, 5.74) is -9.92. The van der Waals surface area contributed by atoms with E-state index in [9.17, 15) is 20.4 Å². The van der Waals surface area contributed by atoms with Crippen molar-refractivity contribution in [3.63, 3.8) is 0 Å². The molecule has 0 aromatic heterocycles. The van der Waals surface area contributed by atoms with Gasteiger partial charge in [0.05, 0.1) is 12.2 Å². The largest absolute Gasteiger partial charge is 0.386 e. The topological polar surface area (TPSA) is 99.4 Å². The van der Waals surface area contributed by atoms with Crippen molar-refractivity contribution in [1.29, 1.82) is 0 Å². The molecule has 0 radical (unpaired) electrons. The van der Waals surface area contributed by atoms with E-state index in [1.165, 1.54) is 41.9 Å². The Labute approximate surface area is 140 Å². The van der Waals surface area contributed by atoms with Crippen LogP contribution in [0.1, 0.15) is 55.4 Å². The monoisotopic (exact) mass is 336 g/mol. The van der Waals surface area contributed by atoms with E-state index in [1.54, 1.807) is 27.7 Å². The number of aliphatic hydroxyl groups is 4. The Morgan fingerprint density at radius 2 is 0.957 bits per heavy atom.